The molecule has 0 spiro atoms. The number of hydrogen-bond donors (Lipinski definition) is 1. The predicted molar refractivity (Wildman–Crippen MR) is 84.3 cm³/mol. The molecule has 0 radical (unpaired) electrons. The number of carbonyl (C=O) groups excluding carboxylic acids is 1. The van der Waals surface area contributed by atoms with Crippen LogP contribution in [-0.4, -0.2) is 46.8 Å². The molecule has 5 nitrogen and oxygen atoms in total. The summed E-state index contributed by atoms with van der Waals surface area (Å²) >= 11 is 0. The third-order valence-corrected chi connectivity index (χ3v) is 4.87. The monoisotopic (exact) mass is 292 g/mol. The van der Waals surface area contributed by atoms with Gasteiger partial charge in [0.2, 0.25) is 5.91 Å². The minimum Gasteiger partial charge on any atom is -0.352 e. The molecule has 1 atom stereocenters. The van der Waals surface area contributed by atoms with Gasteiger partial charge in [-0.15, -0.1) is 0 Å². The zero-order valence-electron chi connectivity index (χ0n) is 13.9. The van der Waals surface area contributed by atoms with Gasteiger partial charge in [0.1, 0.15) is 6.04 Å². The maximum absolute atomic E-state index is 12.4. The van der Waals surface area contributed by atoms with Gasteiger partial charge in [-0.05, 0) is 53.8 Å². The number of carbonyl (C=O) groups is 1. The Hall–Kier alpha value is -1.36. The Morgan fingerprint density at radius 2 is 2.05 bits per heavy atom. The molecule has 0 saturated heterocycles. The van der Waals surface area contributed by atoms with Gasteiger partial charge >= 0.3 is 0 Å². The van der Waals surface area contributed by atoms with Crippen LogP contribution in [0.25, 0.3) is 0 Å². The predicted octanol–water partition coefficient (Wildman–Crippen LogP) is 2.05. The molecule has 118 valence electrons. The molecule has 0 unspecified atom stereocenters. The number of aryl methyl sites for hydroxylation is 2. The SMILES string of the molecule is Cc1cc(C)n([C@@H](C)C(=O)NCC2(N(C)C)CCCC2)n1. The Bertz CT molecular complexity index is 500. The number of aromatic nitrogens is 2. The highest BCUT2D eigenvalue weighted by atomic mass is 16.2. The fraction of sp³-hybridized carbons (Fsp3) is 0.750. The van der Waals surface area contributed by atoms with Gasteiger partial charge in [0.15, 0.2) is 0 Å². The Morgan fingerprint density at radius 1 is 1.43 bits per heavy atom. The molecule has 2 rings (SSSR count). The van der Waals surface area contributed by atoms with Crippen LogP contribution < -0.4 is 5.32 Å². The second-order valence-corrected chi connectivity index (χ2v) is 6.59. The third-order valence-electron chi connectivity index (χ3n) is 4.87. The Morgan fingerprint density at radius 3 is 2.52 bits per heavy atom. The fourth-order valence-electron chi connectivity index (χ4n) is 3.36. The van der Waals surface area contributed by atoms with Crippen molar-refractivity contribution in [3.05, 3.63) is 17.5 Å². The molecule has 1 heterocycles. The molecular weight excluding hydrogens is 264 g/mol. The zero-order valence-corrected chi connectivity index (χ0v) is 13.9. The Labute approximate surface area is 127 Å². The first-order valence-corrected chi connectivity index (χ1v) is 7.84. The first-order valence-electron chi connectivity index (χ1n) is 7.84. The van der Waals surface area contributed by atoms with Gasteiger partial charge in [0, 0.05) is 17.8 Å². The summed E-state index contributed by atoms with van der Waals surface area (Å²) in [5.74, 6) is 0.0503. The van der Waals surface area contributed by atoms with Crippen LogP contribution in [0, 0.1) is 13.8 Å². The van der Waals surface area contributed by atoms with Crippen molar-refractivity contribution in [3.63, 3.8) is 0 Å². The van der Waals surface area contributed by atoms with Crippen LogP contribution in [0.5, 0.6) is 0 Å². The van der Waals surface area contributed by atoms with Crippen molar-refractivity contribution in [1.82, 2.24) is 20.0 Å². The van der Waals surface area contributed by atoms with E-state index in [0.717, 1.165) is 30.8 Å². The molecule has 1 N–H and O–H groups in total. The molecule has 1 aliphatic rings. The highest BCUT2D eigenvalue weighted by molar-refractivity contribution is 5.80. The minimum absolute atomic E-state index is 0.0503. The average Bonchev–Trinajstić information content (AvgIpc) is 3.02. The van der Waals surface area contributed by atoms with E-state index in [-0.39, 0.29) is 17.5 Å². The normalized spacial score (nSPS) is 19.0. The number of hydrogen-bond acceptors (Lipinski definition) is 3. The Balaban J connectivity index is 1.99. The van der Waals surface area contributed by atoms with E-state index in [1.807, 2.05) is 31.5 Å². The summed E-state index contributed by atoms with van der Waals surface area (Å²) in [5, 5.41) is 7.55. The lowest BCUT2D eigenvalue weighted by molar-refractivity contribution is -0.124. The van der Waals surface area contributed by atoms with Crippen molar-refractivity contribution in [1.29, 1.82) is 0 Å². The van der Waals surface area contributed by atoms with E-state index >= 15 is 0 Å². The lowest BCUT2D eigenvalue weighted by Crippen LogP contribution is -2.51. The van der Waals surface area contributed by atoms with Crippen LogP contribution in [-0.2, 0) is 4.79 Å². The van der Waals surface area contributed by atoms with Crippen molar-refractivity contribution in [3.8, 4) is 0 Å². The Kier molecular flexibility index (Phi) is 4.71. The standard InChI is InChI=1S/C16H28N4O/c1-12-10-13(2)20(18-12)14(3)15(21)17-11-16(19(4)5)8-6-7-9-16/h10,14H,6-9,11H2,1-5H3,(H,17,21)/t14-/m0/s1. The van der Waals surface area contributed by atoms with E-state index < -0.39 is 0 Å². The molecule has 0 aromatic carbocycles. The number of nitrogens with zero attached hydrogens (tertiary/aromatic N) is 3. The quantitative estimate of drug-likeness (QED) is 0.903. The highest BCUT2D eigenvalue weighted by Gasteiger charge is 2.36. The number of likely N-dealkylation sites (N-methyl/N-ethyl adjacent to an activating group) is 1. The average molecular weight is 292 g/mol. The van der Waals surface area contributed by atoms with Crippen LogP contribution in [0.15, 0.2) is 6.07 Å². The van der Waals surface area contributed by atoms with E-state index in [1.54, 1.807) is 0 Å². The van der Waals surface area contributed by atoms with E-state index in [1.165, 1.54) is 12.8 Å². The molecule has 5 heteroatoms. The molecular formula is C16H28N4O. The van der Waals surface area contributed by atoms with Gasteiger partial charge in [0.25, 0.3) is 0 Å². The summed E-state index contributed by atoms with van der Waals surface area (Å²) in [6.07, 6.45) is 4.82. The maximum Gasteiger partial charge on any atom is 0.244 e. The smallest absolute Gasteiger partial charge is 0.244 e. The lowest BCUT2D eigenvalue weighted by Gasteiger charge is -2.36. The maximum atomic E-state index is 12.4. The van der Waals surface area contributed by atoms with Crippen LogP contribution in [0.2, 0.25) is 0 Å². The lowest BCUT2D eigenvalue weighted by atomic mass is 9.96. The third kappa shape index (κ3) is 3.28. The van der Waals surface area contributed by atoms with E-state index in [9.17, 15) is 4.79 Å². The number of nitrogens with one attached hydrogen (secondary N) is 1. The summed E-state index contributed by atoms with van der Waals surface area (Å²) in [5.41, 5.74) is 2.11. The zero-order chi connectivity index (χ0) is 15.6. The summed E-state index contributed by atoms with van der Waals surface area (Å²) in [6.45, 7) is 6.57. The van der Waals surface area contributed by atoms with Gasteiger partial charge < -0.3 is 10.2 Å². The molecule has 1 amide bonds. The summed E-state index contributed by atoms with van der Waals surface area (Å²) in [7, 11) is 4.23. The molecule has 1 fully saturated rings. The van der Waals surface area contributed by atoms with Gasteiger partial charge in [0.05, 0.1) is 5.69 Å². The van der Waals surface area contributed by atoms with Gasteiger partial charge in [-0.1, -0.05) is 12.8 Å². The van der Waals surface area contributed by atoms with Gasteiger partial charge in [-0.3, -0.25) is 9.48 Å². The van der Waals surface area contributed by atoms with Crippen molar-refractivity contribution in [2.45, 2.75) is 58.0 Å². The minimum atomic E-state index is -0.265. The molecule has 0 aliphatic heterocycles. The van der Waals surface area contributed by atoms with Gasteiger partial charge in [-0.25, -0.2) is 0 Å². The molecule has 1 aromatic heterocycles. The van der Waals surface area contributed by atoms with E-state index in [4.69, 9.17) is 0 Å². The van der Waals surface area contributed by atoms with Crippen molar-refractivity contribution in [2.75, 3.05) is 20.6 Å². The molecule has 21 heavy (non-hydrogen) atoms. The van der Waals surface area contributed by atoms with Crippen LogP contribution in [0.4, 0.5) is 0 Å². The second-order valence-electron chi connectivity index (χ2n) is 6.59. The summed E-state index contributed by atoms with van der Waals surface area (Å²) in [6, 6.07) is 1.74. The largest absolute Gasteiger partial charge is 0.352 e. The molecule has 1 aliphatic carbocycles. The number of amides is 1. The van der Waals surface area contributed by atoms with Crippen molar-refractivity contribution < 1.29 is 4.79 Å². The summed E-state index contributed by atoms with van der Waals surface area (Å²) < 4.78 is 1.81. The van der Waals surface area contributed by atoms with Crippen molar-refractivity contribution in [2.24, 2.45) is 0 Å². The molecule has 1 aromatic rings. The van der Waals surface area contributed by atoms with E-state index in [2.05, 4.69) is 29.4 Å². The van der Waals surface area contributed by atoms with Crippen LogP contribution in [0.3, 0.4) is 0 Å². The van der Waals surface area contributed by atoms with Gasteiger partial charge in [-0.2, -0.15) is 5.10 Å². The fourth-order valence-corrected chi connectivity index (χ4v) is 3.36. The summed E-state index contributed by atoms with van der Waals surface area (Å²) in [4.78, 5) is 14.7. The van der Waals surface area contributed by atoms with Crippen molar-refractivity contribution >= 4 is 5.91 Å². The molecule has 0 bridgehead atoms. The second kappa shape index (κ2) is 6.18. The van der Waals surface area contributed by atoms with Crippen LogP contribution in [0.1, 0.15) is 50.0 Å². The first-order chi connectivity index (χ1) is 9.85. The van der Waals surface area contributed by atoms with Crippen LogP contribution >= 0.6 is 0 Å². The highest BCUT2D eigenvalue weighted by Crippen LogP contribution is 2.33. The number of rotatable bonds is 5. The topological polar surface area (TPSA) is 50.2 Å². The van der Waals surface area contributed by atoms with E-state index in [0.29, 0.717) is 0 Å². The molecule has 1 saturated carbocycles. The first kappa shape index (κ1) is 16.0.